The van der Waals surface area contributed by atoms with E-state index < -0.39 is 19.0 Å². The van der Waals surface area contributed by atoms with Crippen molar-refractivity contribution in [2.45, 2.75) is 38.5 Å². The minimum atomic E-state index is -3.86. The van der Waals surface area contributed by atoms with Gasteiger partial charge in [-0.2, -0.15) is 0 Å². The summed E-state index contributed by atoms with van der Waals surface area (Å²) in [6, 6.07) is 9.83. The van der Waals surface area contributed by atoms with E-state index in [-0.39, 0.29) is 12.8 Å². The van der Waals surface area contributed by atoms with Crippen LogP contribution in [0.4, 0.5) is 0 Å². The number of aliphatic carboxylic acids is 1. The highest BCUT2D eigenvalue weighted by molar-refractivity contribution is 7.52. The van der Waals surface area contributed by atoms with E-state index in [2.05, 4.69) is 0 Å². The van der Waals surface area contributed by atoms with E-state index in [4.69, 9.17) is 4.52 Å². The van der Waals surface area contributed by atoms with Gasteiger partial charge in [0.1, 0.15) is 0 Å². The Balaban J connectivity index is 1.81. The average Bonchev–Trinajstić information content (AvgIpc) is 2.94. The van der Waals surface area contributed by atoms with Crippen molar-refractivity contribution < 1.29 is 23.9 Å². The van der Waals surface area contributed by atoms with Gasteiger partial charge in [0.25, 0.3) is 0 Å². The molecule has 2 rings (SSSR count). The fourth-order valence-corrected chi connectivity index (χ4v) is 4.77. The molecular formula is C16H23O5P. The third-order valence-corrected chi connectivity index (χ3v) is 5.85. The second-order valence-electron chi connectivity index (χ2n) is 6.01. The lowest BCUT2D eigenvalue weighted by Gasteiger charge is -2.25. The predicted molar refractivity (Wildman–Crippen MR) is 83.9 cm³/mol. The molecule has 1 aliphatic rings. The highest BCUT2D eigenvalue weighted by Gasteiger charge is 2.46. The lowest BCUT2D eigenvalue weighted by molar-refractivity contribution is -0.147. The Morgan fingerprint density at radius 2 is 1.86 bits per heavy atom. The highest BCUT2D eigenvalue weighted by Crippen LogP contribution is 2.53. The summed E-state index contributed by atoms with van der Waals surface area (Å²) >= 11 is 0. The number of carbonyl (C=O) groups is 1. The highest BCUT2D eigenvalue weighted by atomic mass is 31.2. The molecule has 6 heteroatoms. The Kier molecular flexibility index (Phi) is 5.79. The molecule has 0 radical (unpaired) electrons. The van der Waals surface area contributed by atoms with Gasteiger partial charge in [-0.25, -0.2) is 0 Å². The molecule has 1 unspecified atom stereocenters. The first-order valence-corrected chi connectivity index (χ1v) is 9.44. The summed E-state index contributed by atoms with van der Waals surface area (Å²) in [4.78, 5) is 21.4. The Morgan fingerprint density at radius 1 is 1.23 bits per heavy atom. The van der Waals surface area contributed by atoms with Gasteiger partial charge in [-0.3, -0.25) is 9.36 Å². The van der Waals surface area contributed by atoms with Crippen LogP contribution in [-0.4, -0.2) is 28.7 Å². The Morgan fingerprint density at radius 3 is 2.45 bits per heavy atom. The van der Waals surface area contributed by atoms with Crippen LogP contribution in [0.1, 0.15) is 37.7 Å². The van der Waals surface area contributed by atoms with Crippen LogP contribution < -0.4 is 0 Å². The summed E-state index contributed by atoms with van der Waals surface area (Å²) in [5.41, 5.74) is 0.0700. The summed E-state index contributed by atoms with van der Waals surface area (Å²) in [6.07, 6.45) is 3.63. The maximum atomic E-state index is 12.2. The largest absolute Gasteiger partial charge is 0.481 e. The first-order chi connectivity index (χ1) is 10.4. The molecule has 1 saturated carbocycles. The van der Waals surface area contributed by atoms with Crippen molar-refractivity contribution in [1.82, 2.24) is 0 Å². The molecule has 0 saturated heterocycles. The number of benzene rings is 1. The van der Waals surface area contributed by atoms with E-state index in [0.717, 1.165) is 24.8 Å². The van der Waals surface area contributed by atoms with Gasteiger partial charge in [0.05, 0.1) is 18.2 Å². The van der Waals surface area contributed by atoms with Gasteiger partial charge in [0.15, 0.2) is 0 Å². The smallest absolute Gasteiger partial charge is 0.329 e. The molecule has 0 bridgehead atoms. The predicted octanol–water partition coefficient (Wildman–Crippen LogP) is 3.47. The molecule has 0 spiro atoms. The number of aryl methyl sites for hydroxylation is 1. The Bertz CT molecular complexity index is 537. The van der Waals surface area contributed by atoms with Crippen molar-refractivity contribution in [2.24, 2.45) is 5.41 Å². The maximum Gasteiger partial charge on any atom is 0.329 e. The van der Waals surface area contributed by atoms with Gasteiger partial charge in [-0.1, -0.05) is 43.2 Å². The van der Waals surface area contributed by atoms with E-state index in [1.807, 2.05) is 30.3 Å². The molecule has 0 amide bonds. The van der Waals surface area contributed by atoms with Gasteiger partial charge in [-0.05, 0) is 31.2 Å². The molecule has 22 heavy (non-hydrogen) atoms. The van der Waals surface area contributed by atoms with Gasteiger partial charge >= 0.3 is 13.6 Å². The van der Waals surface area contributed by atoms with Crippen LogP contribution in [-0.2, 0) is 20.3 Å². The molecule has 2 N–H and O–H groups in total. The average molecular weight is 326 g/mol. The SMILES string of the molecule is O=C(O)C1(CP(=O)(O)OCCCc2ccccc2)CCCC1. The van der Waals surface area contributed by atoms with Crippen molar-refractivity contribution in [3.8, 4) is 0 Å². The molecule has 1 aromatic carbocycles. The van der Waals surface area contributed by atoms with E-state index in [1.54, 1.807) is 0 Å². The van der Waals surface area contributed by atoms with Gasteiger partial charge in [-0.15, -0.1) is 0 Å². The second kappa shape index (κ2) is 7.40. The van der Waals surface area contributed by atoms with Gasteiger partial charge < -0.3 is 14.5 Å². The molecule has 1 aliphatic carbocycles. The van der Waals surface area contributed by atoms with E-state index in [1.165, 1.54) is 0 Å². The molecule has 5 nitrogen and oxygen atoms in total. The normalized spacial score (nSPS) is 19.7. The summed E-state index contributed by atoms with van der Waals surface area (Å²) in [5, 5.41) is 9.36. The Hall–Kier alpha value is -1.16. The topological polar surface area (TPSA) is 83.8 Å². The molecule has 0 heterocycles. The number of carboxylic acids is 1. The van der Waals surface area contributed by atoms with Crippen molar-refractivity contribution >= 4 is 13.6 Å². The van der Waals surface area contributed by atoms with Crippen molar-refractivity contribution in [3.05, 3.63) is 35.9 Å². The molecule has 1 atom stereocenters. The van der Waals surface area contributed by atoms with Crippen molar-refractivity contribution in [3.63, 3.8) is 0 Å². The number of carboxylic acid groups (broad SMARTS) is 1. The summed E-state index contributed by atoms with van der Waals surface area (Å²) in [6.45, 7) is 0.165. The molecule has 0 aliphatic heterocycles. The summed E-state index contributed by atoms with van der Waals surface area (Å²) < 4.78 is 17.3. The minimum absolute atomic E-state index is 0.165. The third-order valence-electron chi connectivity index (χ3n) is 4.26. The van der Waals surface area contributed by atoms with Crippen molar-refractivity contribution in [2.75, 3.05) is 12.8 Å². The molecule has 122 valence electrons. The van der Waals surface area contributed by atoms with Crippen LogP contribution >= 0.6 is 7.60 Å². The molecule has 1 aromatic rings. The second-order valence-corrected chi connectivity index (χ2v) is 7.86. The first-order valence-electron chi connectivity index (χ1n) is 7.67. The monoisotopic (exact) mass is 326 g/mol. The van der Waals surface area contributed by atoms with Crippen LogP contribution in [0.2, 0.25) is 0 Å². The maximum absolute atomic E-state index is 12.2. The standard InChI is InChI=1S/C16H23O5P/c17-15(18)16(10-4-5-11-16)13-22(19,20)21-12-6-9-14-7-2-1-3-8-14/h1-3,7-8H,4-6,9-13H2,(H,17,18)(H,19,20). The van der Waals surface area contributed by atoms with Crippen LogP contribution in [0.5, 0.6) is 0 Å². The lowest BCUT2D eigenvalue weighted by Crippen LogP contribution is -2.32. The third kappa shape index (κ3) is 4.67. The van der Waals surface area contributed by atoms with Gasteiger partial charge in [0.2, 0.25) is 0 Å². The van der Waals surface area contributed by atoms with E-state index in [0.29, 0.717) is 19.3 Å². The van der Waals surface area contributed by atoms with E-state index in [9.17, 15) is 19.4 Å². The van der Waals surface area contributed by atoms with Gasteiger partial charge in [0, 0.05) is 0 Å². The summed E-state index contributed by atoms with van der Waals surface area (Å²) in [5.74, 6) is -0.979. The Labute approximate surface area is 130 Å². The van der Waals surface area contributed by atoms with E-state index >= 15 is 0 Å². The number of hydrogen-bond donors (Lipinski definition) is 2. The number of rotatable bonds is 8. The quantitative estimate of drug-likeness (QED) is 0.564. The summed E-state index contributed by atoms with van der Waals surface area (Å²) in [7, 11) is -3.86. The molecule has 0 aromatic heterocycles. The molecular weight excluding hydrogens is 303 g/mol. The lowest BCUT2D eigenvalue weighted by atomic mass is 9.89. The van der Waals surface area contributed by atoms with Crippen molar-refractivity contribution in [1.29, 1.82) is 0 Å². The fourth-order valence-electron chi connectivity index (χ4n) is 3.05. The zero-order chi connectivity index (χ0) is 16.1. The van der Waals surface area contributed by atoms with Crippen LogP contribution in [0.25, 0.3) is 0 Å². The zero-order valence-corrected chi connectivity index (χ0v) is 13.5. The van der Waals surface area contributed by atoms with Crippen LogP contribution in [0, 0.1) is 5.41 Å². The van der Waals surface area contributed by atoms with Crippen LogP contribution in [0.3, 0.4) is 0 Å². The first kappa shape index (κ1) is 17.2. The fraction of sp³-hybridized carbons (Fsp3) is 0.562. The molecule has 1 fully saturated rings. The number of hydrogen-bond acceptors (Lipinski definition) is 3. The van der Waals surface area contributed by atoms with Crippen LogP contribution in [0.15, 0.2) is 30.3 Å². The minimum Gasteiger partial charge on any atom is -0.481 e. The zero-order valence-electron chi connectivity index (χ0n) is 12.6.